The number of rotatable bonds is 3. The molecule has 0 aliphatic heterocycles. The normalized spacial score (nSPS) is 9.86. The van der Waals surface area contributed by atoms with E-state index in [0.29, 0.717) is 0 Å². The third kappa shape index (κ3) is 22.4. The summed E-state index contributed by atoms with van der Waals surface area (Å²) in [6.07, 6.45) is -0.706. The molecule has 0 fully saturated rings. The standard InChI is InChI=1S/C4H7NO4.C2H4O2.Zn/c5-2(4(8)9)1-3(6)7;1-2(3)4;/h2H,1,5H2,(H,6,7)(H,8,9);1H3,(H,3,4);/q;;+2/p-2. The second-order valence-electron chi connectivity index (χ2n) is 2.02. The molecule has 0 saturated carbocycles. The molecule has 1 unspecified atom stereocenters. The van der Waals surface area contributed by atoms with Crippen molar-refractivity contribution in [2.75, 3.05) is 0 Å². The quantitative estimate of drug-likeness (QED) is 0.494. The molecule has 3 N–H and O–H groups in total. The summed E-state index contributed by atoms with van der Waals surface area (Å²) in [4.78, 5) is 28.3. The summed E-state index contributed by atoms with van der Waals surface area (Å²) in [5, 5.41) is 26.8. The first kappa shape index (κ1) is 18.7. The van der Waals surface area contributed by atoms with Gasteiger partial charge < -0.3 is 30.6 Å². The van der Waals surface area contributed by atoms with Gasteiger partial charge in [-0.2, -0.15) is 0 Å². The van der Waals surface area contributed by atoms with Gasteiger partial charge in [-0.1, -0.05) is 0 Å². The number of nitrogens with two attached hydrogens (primary N) is 1. The number of carbonyl (C=O) groups excluding carboxylic acids is 2. The molecule has 0 aromatic carbocycles. The Kier molecular flexibility index (Phi) is 13.5. The Morgan fingerprint density at radius 3 is 1.71 bits per heavy atom. The van der Waals surface area contributed by atoms with E-state index in [1.54, 1.807) is 0 Å². The first-order valence-corrected chi connectivity index (χ1v) is 3.13. The molecule has 8 heteroatoms. The molecule has 0 saturated heterocycles. The second-order valence-corrected chi connectivity index (χ2v) is 2.02. The Hall–Kier alpha value is -1.01. The minimum absolute atomic E-state index is 0. The van der Waals surface area contributed by atoms with Crippen LogP contribution in [-0.2, 0) is 33.9 Å². The van der Waals surface area contributed by atoms with Gasteiger partial charge in [0.2, 0.25) is 0 Å². The predicted molar refractivity (Wildman–Crippen MR) is 35.9 cm³/mol. The van der Waals surface area contributed by atoms with Crippen molar-refractivity contribution in [2.24, 2.45) is 5.73 Å². The topological polar surface area (TPSA) is 144 Å². The van der Waals surface area contributed by atoms with Crippen LogP contribution in [0.4, 0.5) is 0 Å². The van der Waals surface area contributed by atoms with Crippen LogP contribution in [0.5, 0.6) is 0 Å². The zero-order valence-corrected chi connectivity index (χ0v) is 10.5. The van der Waals surface area contributed by atoms with E-state index in [1.807, 2.05) is 0 Å². The number of hydrogen-bond donors (Lipinski definition) is 2. The molecular weight excluding hydrogens is 247 g/mol. The minimum Gasteiger partial charge on any atom is -0.550 e. The van der Waals surface area contributed by atoms with Crippen LogP contribution in [0.2, 0.25) is 0 Å². The fourth-order valence-electron chi connectivity index (χ4n) is 0.263. The molecule has 0 aromatic rings. The fourth-order valence-corrected chi connectivity index (χ4v) is 0.263. The Balaban J connectivity index is -0.000000209. The number of carbonyl (C=O) groups is 3. The maximum Gasteiger partial charge on any atom is 2.00 e. The Bertz CT molecular complexity index is 202. The summed E-state index contributed by atoms with van der Waals surface area (Å²) >= 11 is 0. The third-order valence-corrected chi connectivity index (χ3v) is 0.689. The van der Waals surface area contributed by atoms with Crippen molar-refractivity contribution in [3.63, 3.8) is 0 Å². The fraction of sp³-hybridized carbons (Fsp3) is 0.500. The van der Waals surface area contributed by atoms with Gasteiger partial charge in [-0.25, -0.2) is 0 Å². The van der Waals surface area contributed by atoms with Gasteiger partial charge >= 0.3 is 19.5 Å². The molecule has 76 valence electrons. The van der Waals surface area contributed by atoms with Crippen LogP contribution in [0.15, 0.2) is 0 Å². The second kappa shape index (κ2) is 10.1. The largest absolute Gasteiger partial charge is 2.00 e. The van der Waals surface area contributed by atoms with Crippen molar-refractivity contribution in [3.8, 4) is 0 Å². The zero-order valence-electron chi connectivity index (χ0n) is 7.56. The number of hydrogen-bond acceptors (Lipinski definition) is 6. The van der Waals surface area contributed by atoms with Crippen LogP contribution in [0, 0.1) is 0 Å². The third-order valence-electron chi connectivity index (χ3n) is 0.689. The molecule has 14 heavy (non-hydrogen) atoms. The maximum atomic E-state index is 9.71. The summed E-state index contributed by atoms with van der Waals surface area (Å²) in [5.74, 6) is -3.91. The number of carboxylic acids is 3. The van der Waals surface area contributed by atoms with Crippen LogP contribution in [-0.4, -0.2) is 29.1 Å². The van der Waals surface area contributed by atoms with E-state index in [-0.39, 0.29) is 19.5 Å². The first-order valence-electron chi connectivity index (χ1n) is 3.13. The molecule has 0 heterocycles. The van der Waals surface area contributed by atoms with Crippen molar-refractivity contribution >= 4 is 17.9 Å². The molecule has 0 rings (SSSR count). The van der Waals surface area contributed by atoms with Crippen LogP contribution in [0.1, 0.15) is 13.3 Å². The van der Waals surface area contributed by atoms with E-state index in [4.69, 9.17) is 15.6 Å². The van der Waals surface area contributed by atoms with Crippen molar-refractivity contribution < 1.29 is 49.2 Å². The van der Waals surface area contributed by atoms with Gasteiger partial charge in [-0.15, -0.1) is 0 Å². The van der Waals surface area contributed by atoms with Gasteiger partial charge in [0.15, 0.2) is 0 Å². The van der Waals surface area contributed by atoms with E-state index in [9.17, 15) is 19.8 Å². The van der Waals surface area contributed by atoms with Crippen molar-refractivity contribution in [1.29, 1.82) is 0 Å². The summed E-state index contributed by atoms with van der Waals surface area (Å²) < 4.78 is 0. The van der Waals surface area contributed by atoms with Crippen molar-refractivity contribution in [1.82, 2.24) is 0 Å². The average molecular weight is 257 g/mol. The smallest absolute Gasteiger partial charge is 0.550 e. The van der Waals surface area contributed by atoms with E-state index in [1.165, 1.54) is 0 Å². The SMILES string of the molecule is CC(=O)O.NC(CC(=O)[O-])C(=O)[O-].[Zn+2]. The van der Waals surface area contributed by atoms with Gasteiger partial charge in [0.25, 0.3) is 5.97 Å². The summed E-state index contributed by atoms with van der Waals surface area (Å²) in [6.45, 7) is 1.08. The molecule has 0 bridgehead atoms. The van der Waals surface area contributed by atoms with Crippen molar-refractivity contribution in [2.45, 2.75) is 19.4 Å². The zero-order chi connectivity index (χ0) is 11.0. The Morgan fingerprint density at radius 1 is 1.36 bits per heavy atom. The average Bonchev–Trinajstić information content (AvgIpc) is 1.83. The first-order chi connectivity index (χ1) is 5.77. The van der Waals surface area contributed by atoms with E-state index >= 15 is 0 Å². The van der Waals surface area contributed by atoms with Gasteiger partial charge in [0.05, 0.1) is 5.97 Å². The predicted octanol–water partition coefficient (Wildman–Crippen LogP) is -3.71. The van der Waals surface area contributed by atoms with E-state index in [2.05, 4.69) is 0 Å². The molecule has 0 aliphatic carbocycles. The van der Waals surface area contributed by atoms with Crippen LogP contribution < -0.4 is 15.9 Å². The number of carboxylic acid groups (broad SMARTS) is 3. The summed E-state index contributed by atoms with van der Waals surface area (Å²) in [5.41, 5.74) is 4.73. The van der Waals surface area contributed by atoms with Gasteiger partial charge in [0, 0.05) is 25.4 Å². The molecule has 7 nitrogen and oxygen atoms in total. The van der Waals surface area contributed by atoms with Gasteiger partial charge in [0.1, 0.15) is 0 Å². The maximum absolute atomic E-state index is 9.71. The van der Waals surface area contributed by atoms with Gasteiger partial charge in [-0.05, 0) is 0 Å². The monoisotopic (exact) mass is 255 g/mol. The molecule has 0 spiro atoms. The molecular formula is C6H9NO6Zn. The van der Waals surface area contributed by atoms with Crippen molar-refractivity contribution in [3.05, 3.63) is 0 Å². The van der Waals surface area contributed by atoms with Crippen LogP contribution in [0.25, 0.3) is 0 Å². The van der Waals surface area contributed by atoms with E-state index < -0.39 is 30.4 Å². The molecule has 0 aliphatic rings. The minimum atomic E-state index is -1.58. The molecule has 0 radical (unpaired) electrons. The Morgan fingerprint density at radius 2 is 1.64 bits per heavy atom. The summed E-state index contributed by atoms with van der Waals surface area (Å²) in [6, 6.07) is -1.46. The molecule has 0 amide bonds. The Labute approximate surface area is 92.7 Å². The molecule has 1 atom stereocenters. The summed E-state index contributed by atoms with van der Waals surface area (Å²) in [7, 11) is 0. The van der Waals surface area contributed by atoms with Crippen LogP contribution in [0.3, 0.4) is 0 Å². The number of aliphatic carboxylic acids is 3. The van der Waals surface area contributed by atoms with Crippen LogP contribution >= 0.6 is 0 Å². The molecule has 0 aromatic heterocycles. The van der Waals surface area contributed by atoms with E-state index in [0.717, 1.165) is 6.92 Å². The van der Waals surface area contributed by atoms with Gasteiger partial charge in [-0.3, -0.25) is 4.79 Å².